The smallest absolute Gasteiger partial charge is 0.263 e. The Morgan fingerprint density at radius 1 is 1.15 bits per heavy atom. The van der Waals surface area contributed by atoms with Gasteiger partial charge in [-0.05, 0) is 50.5 Å². The van der Waals surface area contributed by atoms with Crippen molar-refractivity contribution in [2.45, 2.75) is 51.9 Å². The number of carbonyl (C=O) groups is 2. The molecule has 0 radical (unpaired) electrons. The third-order valence-corrected chi connectivity index (χ3v) is 5.40. The summed E-state index contributed by atoms with van der Waals surface area (Å²) in [5, 5.41) is 0. The Kier molecular flexibility index (Phi) is 6.80. The second-order valence-corrected chi connectivity index (χ2v) is 7.46. The van der Waals surface area contributed by atoms with E-state index in [0.717, 1.165) is 45.2 Å². The van der Waals surface area contributed by atoms with Crippen molar-refractivity contribution in [3.05, 3.63) is 53.7 Å². The molecular formula is C22H28N2O3. The van der Waals surface area contributed by atoms with Crippen LogP contribution in [0.4, 0.5) is 0 Å². The Morgan fingerprint density at radius 2 is 1.89 bits per heavy atom. The van der Waals surface area contributed by atoms with Crippen LogP contribution >= 0.6 is 0 Å². The van der Waals surface area contributed by atoms with Crippen molar-refractivity contribution >= 4 is 11.7 Å². The first-order chi connectivity index (χ1) is 13.1. The van der Waals surface area contributed by atoms with Crippen LogP contribution in [-0.2, 0) is 11.2 Å². The molecule has 0 atom stereocenters. The van der Waals surface area contributed by atoms with Gasteiger partial charge in [0.25, 0.3) is 5.89 Å². The van der Waals surface area contributed by atoms with Gasteiger partial charge in [0.1, 0.15) is 6.26 Å². The number of likely N-dealkylation sites (tertiary alicyclic amines) is 1. The molecule has 1 fully saturated rings. The maximum atomic E-state index is 12.4. The van der Waals surface area contributed by atoms with Crippen LogP contribution in [0.1, 0.15) is 60.3 Å². The maximum Gasteiger partial charge on any atom is 0.263 e. The fourth-order valence-corrected chi connectivity index (χ4v) is 3.65. The number of hydrogen-bond acceptors (Lipinski definition) is 4. The number of aryl methyl sites for hydroxylation is 2. The first-order valence-electron chi connectivity index (χ1n) is 9.88. The minimum absolute atomic E-state index is 0.0243. The van der Waals surface area contributed by atoms with Crippen molar-refractivity contribution in [2.24, 2.45) is 5.92 Å². The Bertz CT molecular complexity index is 729. The largest absolute Gasteiger partial charge is 0.442 e. The number of amides is 1. The van der Waals surface area contributed by atoms with E-state index in [2.05, 4.69) is 36.2 Å². The number of nitrogens with zero attached hydrogens (tertiary/aromatic N) is 2. The average molecular weight is 368 g/mol. The van der Waals surface area contributed by atoms with Gasteiger partial charge >= 0.3 is 0 Å². The summed E-state index contributed by atoms with van der Waals surface area (Å²) in [5.74, 6) is 1.05. The molecule has 5 heteroatoms. The summed E-state index contributed by atoms with van der Waals surface area (Å²) in [7, 11) is 0. The molecule has 1 aromatic carbocycles. The average Bonchev–Trinajstić information content (AvgIpc) is 3.23. The quantitative estimate of drug-likeness (QED) is 0.655. The predicted octanol–water partition coefficient (Wildman–Crippen LogP) is 4.21. The minimum atomic E-state index is -0.0243. The fraction of sp³-hybridized carbons (Fsp3) is 0.500. The molecule has 1 aliphatic heterocycles. The summed E-state index contributed by atoms with van der Waals surface area (Å²) in [6.45, 7) is 3.75. The Hall–Kier alpha value is -2.43. The third-order valence-electron chi connectivity index (χ3n) is 5.40. The van der Waals surface area contributed by atoms with Gasteiger partial charge in [0.05, 0.1) is 6.20 Å². The Labute approximate surface area is 160 Å². The zero-order valence-corrected chi connectivity index (χ0v) is 16.0. The molecule has 2 heterocycles. The van der Waals surface area contributed by atoms with Crippen molar-refractivity contribution in [2.75, 3.05) is 13.1 Å². The molecule has 144 valence electrons. The van der Waals surface area contributed by atoms with Crippen LogP contribution in [0.25, 0.3) is 0 Å². The molecule has 3 rings (SSSR count). The molecule has 0 saturated carbocycles. The molecular weight excluding hydrogens is 340 g/mol. The Balaban J connectivity index is 1.32. The second kappa shape index (κ2) is 9.49. The van der Waals surface area contributed by atoms with E-state index in [-0.39, 0.29) is 17.6 Å². The lowest BCUT2D eigenvalue weighted by molar-refractivity contribution is -0.132. The molecule has 0 aliphatic carbocycles. The summed E-state index contributed by atoms with van der Waals surface area (Å²) in [4.78, 5) is 30.2. The highest BCUT2D eigenvalue weighted by Crippen LogP contribution is 2.23. The third kappa shape index (κ3) is 5.78. The van der Waals surface area contributed by atoms with Crippen molar-refractivity contribution in [1.82, 2.24) is 9.88 Å². The van der Waals surface area contributed by atoms with Crippen LogP contribution in [0.5, 0.6) is 0 Å². The van der Waals surface area contributed by atoms with Gasteiger partial charge in [-0.3, -0.25) is 9.59 Å². The molecule has 0 unspecified atom stereocenters. The van der Waals surface area contributed by atoms with E-state index in [9.17, 15) is 9.59 Å². The molecule has 1 aromatic heterocycles. The number of carbonyl (C=O) groups excluding carboxylic acids is 2. The van der Waals surface area contributed by atoms with Gasteiger partial charge in [-0.1, -0.05) is 29.8 Å². The summed E-state index contributed by atoms with van der Waals surface area (Å²) >= 11 is 0. The van der Waals surface area contributed by atoms with Crippen LogP contribution in [0, 0.1) is 12.8 Å². The molecule has 27 heavy (non-hydrogen) atoms. The lowest BCUT2D eigenvalue weighted by Crippen LogP contribution is -2.38. The van der Waals surface area contributed by atoms with E-state index in [4.69, 9.17) is 4.42 Å². The number of benzene rings is 1. The Morgan fingerprint density at radius 3 is 2.56 bits per heavy atom. The van der Waals surface area contributed by atoms with E-state index in [1.54, 1.807) is 0 Å². The van der Waals surface area contributed by atoms with Crippen molar-refractivity contribution in [3.8, 4) is 0 Å². The SMILES string of the molecule is Cc1ccc(CCC(=O)N2CCC(CCCC(=O)c3ncco3)CC2)cc1. The monoisotopic (exact) mass is 368 g/mol. The lowest BCUT2D eigenvalue weighted by Gasteiger charge is -2.32. The highest BCUT2D eigenvalue weighted by Gasteiger charge is 2.22. The minimum Gasteiger partial charge on any atom is -0.442 e. The molecule has 5 nitrogen and oxygen atoms in total. The summed E-state index contributed by atoms with van der Waals surface area (Å²) in [6, 6.07) is 8.40. The molecule has 0 N–H and O–H groups in total. The number of Topliss-reactive ketones (excluding diaryl/α,β-unsaturated/α-hetero) is 1. The molecule has 0 spiro atoms. The standard InChI is InChI=1S/C22H28N2O3/c1-17-5-7-19(8-6-17)9-10-21(26)24-14-11-18(12-15-24)3-2-4-20(25)22-23-13-16-27-22/h5-8,13,16,18H,2-4,9-12,14-15H2,1H3. The van der Waals surface area contributed by atoms with E-state index in [0.29, 0.717) is 18.8 Å². The predicted molar refractivity (Wildman–Crippen MR) is 103 cm³/mol. The van der Waals surface area contributed by atoms with Gasteiger partial charge < -0.3 is 9.32 Å². The zero-order chi connectivity index (χ0) is 19.1. The normalized spacial score (nSPS) is 15.1. The van der Waals surface area contributed by atoms with E-state index >= 15 is 0 Å². The first kappa shape index (κ1) is 19.3. The van der Waals surface area contributed by atoms with Crippen molar-refractivity contribution < 1.29 is 14.0 Å². The fourth-order valence-electron chi connectivity index (χ4n) is 3.65. The van der Waals surface area contributed by atoms with Gasteiger partial charge in [0, 0.05) is 25.9 Å². The molecule has 1 aliphatic rings. The molecule has 1 amide bonds. The van der Waals surface area contributed by atoms with E-state index < -0.39 is 0 Å². The van der Waals surface area contributed by atoms with Crippen LogP contribution < -0.4 is 0 Å². The first-order valence-corrected chi connectivity index (χ1v) is 9.88. The molecule has 1 saturated heterocycles. The second-order valence-electron chi connectivity index (χ2n) is 7.46. The van der Waals surface area contributed by atoms with Crippen molar-refractivity contribution in [1.29, 1.82) is 0 Å². The van der Waals surface area contributed by atoms with Gasteiger partial charge in [-0.15, -0.1) is 0 Å². The summed E-state index contributed by atoms with van der Waals surface area (Å²) in [6.07, 6.45) is 8.74. The highest BCUT2D eigenvalue weighted by atomic mass is 16.3. The maximum absolute atomic E-state index is 12.4. The number of hydrogen-bond donors (Lipinski definition) is 0. The molecule has 2 aromatic rings. The molecule has 0 bridgehead atoms. The van der Waals surface area contributed by atoms with Crippen LogP contribution in [0.3, 0.4) is 0 Å². The van der Waals surface area contributed by atoms with Gasteiger partial charge in [-0.25, -0.2) is 4.98 Å². The van der Waals surface area contributed by atoms with Crippen molar-refractivity contribution in [3.63, 3.8) is 0 Å². The van der Waals surface area contributed by atoms with Gasteiger partial charge in [-0.2, -0.15) is 0 Å². The lowest BCUT2D eigenvalue weighted by atomic mass is 9.91. The summed E-state index contributed by atoms with van der Waals surface area (Å²) in [5.41, 5.74) is 2.47. The highest BCUT2D eigenvalue weighted by molar-refractivity contribution is 5.91. The van der Waals surface area contributed by atoms with Crippen LogP contribution in [0.2, 0.25) is 0 Å². The van der Waals surface area contributed by atoms with Crippen LogP contribution in [-0.4, -0.2) is 34.7 Å². The van der Waals surface area contributed by atoms with Crippen LogP contribution in [0.15, 0.2) is 41.1 Å². The number of rotatable bonds is 8. The number of ketones is 1. The number of aromatic nitrogens is 1. The van der Waals surface area contributed by atoms with Gasteiger partial charge in [0.2, 0.25) is 11.7 Å². The number of oxazole rings is 1. The zero-order valence-electron chi connectivity index (χ0n) is 16.0. The topological polar surface area (TPSA) is 63.4 Å². The van der Waals surface area contributed by atoms with Gasteiger partial charge in [0.15, 0.2) is 0 Å². The van der Waals surface area contributed by atoms with E-state index in [1.165, 1.54) is 23.6 Å². The van der Waals surface area contributed by atoms with E-state index in [1.807, 2.05) is 4.90 Å². The summed E-state index contributed by atoms with van der Waals surface area (Å²) < 4.78 is 5.03. The number of piperidine rings is 1.